The molecule has 3 aromatic rings. The highest BCUT2D eigenvalue weighted by Crippen LogP contribution is 2.26. The second-order valence-electron chi connectivity index (χ2n) is 4.64. The summed E-state index contributed by atoms with van der Waals surface area (Å²) < 4.78 is 8.86. The van der Waals surface area contributed by atoms with Gasteiger partial charge in [-0.2, -0.15) is 5.10 Å². The molecule has 0 fully saturated rings. The van der Waals surface area contributed by atoms with Crippen molar-refractivity contribution < 1.29 is 4.42 Å². The third-order valence-electron chi connectivity index (χ3n) is 3.24. The zero-order valence-corrected chi connectivity index (χ0v) is 12.9. The molecule has 0 aliphatic rings. The molecule has 1 aromatic carbocycles. The first-order chi connectivity index (χ1) is 9.78. The lowest BCUT2D eigenvalue weighted by Gasteiger charge is -2.04. The van der Waals surface area contributed by atoms with Crippen LogP contribution in [-0.4, -0.2) is 16.3 Å². The summed E-state index contributed by atoms with van der Waals surface area (Å²) in [6.07, 6.45) is 3.77. The molecule has 5 heteroatoms. The number of nitrogens with zero attached hydrogens (tertiary/aromatic N) is 2. The Hall–Kier alpha value is -1.59. The van der Waals surface area contributed by atoms with Crippen LogP contribution in [0.3, 0.4) is 0 Å². The van der Waals surface area contributed by atoms with Gasteiger partial charge in [-0.15, -0.1) is 0 Å². The third kappa shape index (κ3) is 2.64. The maximum atomic E-state index is 5.96. The third-order valence-corrected chi connectivity index (χ3v) is 3.65. The Bertz CT molecular complexity index is 717. The van der Waals surface area contributed by atoms with Gasteiger partial charge in [-0.25, -0.2) is 0 Å². The Balaban J connectivity index is 2.01. The van der Waals surface area contributed by atoms with Crippen molar-refractivity contribution in [3.63, 3.8) is 0 Å². The molecule has 0 saturated heterocycles. The van der Waals surface area contributed by atoms with Gasteiger partial charge in [0.25, 0.3) is 0 Å². The second kappa shape index (κ2) is 5.81. The van der Waals surface area contributed by atoms with E-state index in [-0.39, 0.29) is 0 Å². The normalized spacial score (nSPS) is 11.3. The molecule has 20 heavy (non-hydrogen) atoms. The predicted octanol–water partition coefficient (Wildman–Crippen LogP) is 3.55. The lowest BCUT2D eigenvalue weighted by atomic mass is 10.1. The van der Waals surface area contributed by atoms with Crippen molar-refractivity contribution in [2.45, 2.75) is 20.0 Å². The van der Waals surface area contributed by atoms with Crippen LogP contribution in [0.4, 0.5) is 0 Å². The predicted molar refractivity (Wildman–Crippen MR) is 82.6 cm³/mol. The van der Waals surface area contributed by atoms with E-state index in [9.17, 15) is 0 Å². The van der Waals surface area contributed by atoms with E-state index < -0.39 is 0 Å². The van der Waals surface area contributed by atoms with Gasteiger partial charge in [0.1, 0.15) is 11.3 Å². The van der Waals surface area contributed by atoms with Crippen LogP contribution in [0, 0.1) is 0 Å². The van der Waals surface area contributed by atoms with Crippen molar-refractivity contribution in [2.75, 3.05) is 6.54 Å². The maximum absolute atomic E-state index is 5.96. The minimum absolute atomic E-state index is 0.712. The number of aromatic nitrogens is 2. The molecule has 2 heterocycles. The highest BCUT2D eigenvalue weighted by Gasteiger charge is 2.14. The van der Waals surface area contributed by atoms with Crippen LogP contribution in [0.1, 0.15) is 18.2 Å². The monoisotopic (exact) mass is 333 g/mol. The number of hydrogen-bond acceptors (Lipinski definition) is 3. The van der Waals surface area contributed by atoms with Crippen molar-refractivity contribution >= 4 is 26.9 Å². The van der Waals surface area contributed by atoms with Crippen molar-refractivity contribution in [3.8, 4) is 0 Å². The minimum Gasteiger partial charge on any atom is -0.459 e. The standard InChI is InChI=1S/C15H16BrN3O/c1-2-17-8-15-13(10-19-9-11(16)7-18-19)12-5-3-4-6-14(12)20-15/h3-7,9,17H,2,8,10H2,1H3. The van der Waals surface area contributed by atoms with Gasteiger partial charge >= 0.3 is 0 Å². The van der Waals surface area contributed by atoms with Gasteiger partial charge in [0.2, 0.25) is 0 Å². The summed E-state index contributed by atoms with van der Waals surface area (Å²) in [4.78, 5) is 0. The lowest BCUT2D eigenvalue weighted by Crippen LogP contribution is -2.13. The number of rotatable bonds is 5. The number of para-hydroxylation sites is 1. The van der Waals surface area contributed by atoms with Gasteiger partial charge < -0.3 is 9.73 Å². The maximum Gasteiger partial charge on any atom is 0.134 e. The number of fused-ring (bicyclic) bond motifs is 1. The molecule has 0 spiro atoms. The highest BCUT2D eigenvalue weighted by molar-refractivity contribution is 9.10. The first-order valence-corrected chi connectivity index (χ1v) is 7.45. The fourth-order valence-corrected chi connectivity index (χ4v) is 2.62. The molecular formula is C15H16BrN3O. The molecule has 0 aliphatic heterocycles. The highest BCUT2D eigenvalue weighted by atomic mass is 79.9. The van der Waals surface area contributed by atoms with E-state index >= 15 is 0 Å². The molecule has 0 bridgehead atoms. The van der Waals surface area contributed by atoms with E-state index in [1.807, 2.05) is 29.1 Å². The van der Waals surface area contributed by atoms with Gasteiger partial charge in [-0.3, -0.25) is 4.68 Å². The number of hydrogen-bond donors (Lipinski definition) is 1. The van der Waals surface area contributed by atoms with E-state index in [2.05, 4.69) is 39.3 Å². The van der Waals surface area contributed by atoms with Gasteiger partial charge in [-0.05, 0) is 28.5 Å². The van der Waals surface area contributed by atoms with Gasteiger partial charge in [0.05, 0.1) is 23.8 Å². The molecule has 0 amide bonds. The summed E-state index contributed by atoms with van der Waals surface area (Å²) >= 11 is 3.43. The molecule has 3 rings (SSSR count). The van der Waals surface area contributed by atoms with Crippen molar-refractivity contribution in [2.24, 2.45) is 0 Å². The van der Waals surface area contributed by atoms with E-state index in [0.29, 0.717) is 6.54 Å². The van der Waals surface area contributed by atoms with Crippen molar-refractivity contribution in [1.82, 2.24) is 15.1 Å². The van der Waals surface area contributed by atoms with Crippen LogP contribution in [0.5, 0.6) is 0 Å². The number of nitrogens with one attached hydrogen (secondary N) is 1. The number of furan rings is 1. The van der Waals surface area contributed by atoms with Crippen molar-refractivity contribution in [1.29, 1.82) is 0 Å². The summed E-state index contributed by atoms with van der Waals surface area (Å²) in [7, 11) is 0. The number of halogens is 1. The van der Waals surface area contributed by atoms with Gasteiger partial charge in [-0.1, -0.05) is 25.1 Å². The second-order valence-corrected chi connectivity index (χ2v) is 5.55. The Labute approximate surface area is 125 Å². The summed E-state index contributed by atoms with van der Waals surface area (Å²) in [5.41, 5.74) is 2.12. The van der Waals surface area contributed by atoms with E-state index in [1.54, 1.807) is 6.20 Å². The Morgan fingerprint density at radius 2 is 2.20 bits per heavy atom. The van der Waals surface area contributed by atoms with Crippen LogP contribution < -0.4 is 5.32 Å². The topological polar surface area (TPSA) is 43.0 Å². The molecule has 0 saturated carbocycles. The average molecular weight is 334 g/mol. The van der Waals surface area contributed by atoms with Crippen LogP contribution in [0.2, 0.25) is 0 Å². The Morgan fingerprint density at radius 3 is 2.95 bits per heavy atom. The molecule has 0 aliphatic carbocycles. The summed E-state index contributed by atoms with van der Waals surface area (Å²) in [6, 6.07) is 8.14. The van der Waals surface area contributed by atoms with Crippen LogP contribution >= 0.6 is 15.9 Å². The van der Waals surface area contributed by atoms with Crippen LogP contribution in [0.25, 0.3) is 11.0 Å². The minimum atomic E-state index is 0.712. The average Bonchev–Trinajstić information content (AvgIpc) is 3.02. The SMILES string of the molecule is CCNCc1oc2ccccc2c1Cn1cc(Br)cn1. The molecule has 0 radical (unpaired) electrons. The van der Waals surface area contributed by atoms with Crippen molar-refractivity contribution in [3.05, 3.63) is 52.5 Å². The summed E-state index contributed by atoms with van der Waals surface area (Å²) in [5, 5.41) is 8.81. The fourth-order valence-electron chi connectivity index (χ4n) is 2.29. The first-order valence-electron chi connectivity index (χ1n) is 6.66. The van der Waals surface area contributed by atoms with Gasteiger partial charge in [0.15, 0.2) is 0 Å². The van der Waals surface area contributed by atoms with E-state index in [4.69, 9.17) is 4.42 Å². The summed E-state index contributed by atoms with van der Waals surface area (Å²) in [5.74, 6) is 0.986. The quantitative estimate of drug-likeness (QED) is 0.776. The van der Waals surface area contributed by atoms with E-state index in [1.165, 1.54) is 5.56 Å². The molecule has 1 N–H and O–H groups in total. The molecule has 0 unspecified atom stereocenters. The molecular weight excluding hydrogens is 318 g/mol. The smallest absolute Gasteiger partial charge is 0.134 e. The summed E-state index contributed by atoms with van der Waals surface area (Å²) in [6.45, 7) is 4.46. The molecule has 4 nitrogen and oxygen atoms in total. The Kier molecular flexibility index (Phi) is 3.89. The Morgan fingerprint density at radius 1 is 1.35 bits per heavy atom. The lowest BCUT2D eigenvalue weighted by molar-refractivity contribution is 0.508. The molecule has 2 aromatic heterocycles. The molecule has 104 valence electrons. The van der Waals surface area contributed by atoms with Gasteiger partial charge in [0, 0.05) is 17.1 Å². The van der Waals surface area contributed by atoms with Crippen LogP contribution in [0.15, 0.2) is 45.5 Å². The van der Waals surface area contributed by atoms with E-state index in [0.717, 1.165) is 34.3 Å². The zero-order chi connectivity index (χ0) is 13.9. The van der Waals surface area contributed by atoms with Crippen LogP contribution in [-0.2, 0) is 13.1 Å². The fraction of sp³-hybridized carbons (Fsp3) is 0.267. The molecule has 0 atom stereocenters. The zero-order valence-electron chi connectivity index (χ0n) is 11.3. The first kappa shape index (κ1) is 13.4. The number of benzene rings is 1. The largest absolute Gasteiger partial charge is 0.459 e.